The molecule has 1 saturated heterocycles. The Morgan fingerprint density at radius 3 is 2.39 bits per heavy atom. The van der Waals surface area contributed by atoms with Gasteiger partial charge in [0.25, 0.3) is 5.91 Å². The number of aryl methyl sites for hydroxylation is 1. The van der Waals surface area contributed by atoms with Crippen LogP contribution in [-0.2, 0) is 11.8 Å². The lowest BCUT2D eigenvalue weighted by atomic mass is 9.66. The molecule has 0 spiro atoms. The third-order valence-corrected chi connectivity index (χ3v) is 8.93. The zero-order valence-corrected chi connectivity index (χ0v) is 22.1. The number of anilines is 2. The molecule has 2 saturated carbocycles. The van der Waals surface area contributed by atoms with Crippen LogP contribution in [0.1, 0.15) is 82.6 Å². The summed E-state index contributed by atoms with van der Waals surface area (Å²) in [6.45, 7) is 7.79. The number of piperidine rings is 1. The van der Waals surface area contributed by atoms with Crippen molar-refractivity contribution in [1.29, 1.82) is 0 Å². The molecule has 3 heterocycles. The molecule has 194 valence electrons. The van der Waals surface area contributed by atoms with Crippen molar-refractivity contribution in [3.63, 3.8) is 0 Å². The van der Waals surface area contributed by atoms with E-state index in [4.69, 9.17) is 4.98 Å². The second kappa shape index (κ2) is 9.52. The number of carbonyl (C=O) groups is 2. The first-order valence-corrected chi connectivity index (χ1v) is 13.5. The Kier molecular flexibility index (Phi) is 6.55. The van der Waals surface area contributed by atoms with Crippen molar-refractivity contribution in [3.8, 4) is 0 Å². The number of hydrogen-bond acceptors (Lipinski definition) is 5. The SMILES string of the molecule is Cn1nccc1C(=O)N[C@H](C(=O)Nc1ccc(N2CCCCC2(C)C)nc1)C(C1CCC1)C1(C)CC1. The molecule has 0 bridgehead atoms. The van der Waals surface area contributed by atoms with E-state index in [1.165, 1.54) is 19.3 Å². The van der Waals surface area contributed by atoms with Crippen molar-refractivity contribution in [1.82, 2.24) is 20.1 Å². The number of nitrogens with one attached hydrogen (secondary N) is 2. The Balaban J connectivity index is 1.36. The first-order chi connectivity index (χ1) is 17.2. The quantitative estimate of drug-likeness (QED) is 0.565. The van der Waals surface area contributed by atoms with Crippen molar-refractivity contribution in [2.75, 3.05) is 16.8 Å². The van der Waals surface area contributed by atoms with Gasteiger partial charge in [0.1, 0.15) is 17.6 Å². The van der Waals surface area contributed by atoms with Gasteiger partial charge < -0.3 is 15.5 Å². The summed E-state index contributed by atoms with van der Waals surface area (Å²) < 4.78 is 1.55. The van der Waals surface area contributed by atoms with Gasteiger partial charge in [-0.15, -0.1) is 0 Å². The van der Waals surface area contributed by atoms with E-state index in [1.807, 2.05) is 12.1 Å². The fraction of sp³-hybridized carbons (Fsp3) is 0.643. The molecular weight excluding hydrogens is 452 g/mol. The summed E-state index contributed by atoms with van der Waals surface area (Å²) in [5.74, 6) is 1.09. The molecule has 8 nitrogen and oxygen atoms in total. The highest BCUT2D eigenvalue weighted by Crippen LogP contribution is 2.58. The maximum absolute atomic E-state index is 13.8. The predicted octanol–water partition coefficient (Wildman–Crippen LogP) is 4.54. The third-order valence-electron chi connectivity index (χ3n) is 8.93. The molecule has 2 aromatic rings. The van der Waals surface area contributed by atoms with Crippen LogP contribution < -0.4 is 15.5 Å². The van der Waals surface area contributed by atoms with Crippen LogP contribution in [-0.4, -0.2) is 44.7 Å². The van der Waals surface area contributed by atoms with Gasteiger partial charge in [-0.1, -0.05) is 26.2 Å². The summed E-state index contributed by atoms with van der Waals surface area (Å²) in [6.07, 6.45) is 12.5. The van der Waals surface area contributed by atoms with Gasteiger partial charge in [-0.2, -0.15) is 5.10 Å². The number of hydrogen-bond donors (Lipinski definition) is 2. The van der Waals surface area contributed by atoms with Gasteiger partial charge >= 0.3 is 0 Å². The fourth-order valence-corrected chi connectivity index (χ4v) is 6.23. The Hall–Kier alpha value is -2.90. The van der Waals surface area contributed by atoms with Crippen LogP contribution in [0.15, 0.2) is 30.6 Å². The predicted molar refractivity (Wildman–Crippen MR) is 141 cm³/mol. The first-order valence-electron chi connectivity index (χ1n) is 13.5. The maximum atomic E-state index is 13.8. The second-order valence-electron chi connectivity index (χ2n) is 12.0. The van der Waals surface area contributed by atoms with Crippen molar-refractivity contribution < 1.29 is 9.59 Å². The summed E-state index contributed by atoms with van der Waals surface area (Å²) in [4.78, 5) is 34.0. The zero-order chi connectivity index (χ0) is 25.5. The van der Waals surface area contributed by atoms with Gasteiger partial charge in [0.05, 0.1) is 11.9 Å². The van der Waals surface area contributed by atoms with Crippen molar-refractivity contribution in [2.45, 2.75) is 83.7 Å². The Bertz CT molecular complexity index is 1100. The van der Waals surface area contributed by atoms with Gasteiger partial charge in [0.15, 0.2) is 0 Å². The van der Waals surface area contributed by atoms with Crippen LogP contribution in [0, 0.1) is 17.3 Å². The number of rotatable bonds is 8. The van der Waals surface area contributed by atoms with Gasteiger partial charge in [-0.05, 0) is 81.4 Å². The Morgan fingerprint density at radius 1 is 1.06 bits per heavy atom. The minimum Gasteiger partial charge on any atom is -0.352 e. The lowest BCUT2D eigenvalue weighted by Gasteiger charge is -2.43. The van der Waals surface area contributed by atoms with E-state index in [9.17, 15) is 9.59 Å². The van der Waals surface area contributed by atoms with Gasteiger partial charge in [0, 0.05) is 25.3 Å². The first kappa shape index (κ1) is 24.8. The minimum atomic E-state index is -0.606. The largest absolute Gasteiger partial charge is 0.352 e. The molecule has 36 heavy (non-hydrogen) atoms. The lowest BCUT2D eigenvalue weighted by molar-refractivity contribution is -0.121. The van der Waals surface area contributed by atoms with Crippen molar-refractivity contribution in [3.05, 3.63) is 36.3 Å². The monoisotopic (exact) mass is 492 g/mol. The second-order valence-corrected chi connectivity index (χ2v) is 12.0. The van der Waals surface area contributed by atoms with Crippen LogP contribution in [0.2, 0.25) is 0 Å². The van der Waals surface area contributed by atoms with E-state index < -0.39 is 6.04 Å². The average Bonchev–Trinajstić information content (AvgIpc) is 3.40. The third kappa shape index (κ3) is 4.87. The maximum Gasteiger partial charge on any atom is 0.270 e. The number of nitrogens with zero attached hydrogens (tertiary/aromatic N) is 4. The zero-order valence-electron chi connectivity index (χ0n) is 22.1. The molecule has 2 aromatic heterocycles. The van der Waals surface area contributed by atoms with E-state index in [1.54, 1.807) is 30.2 Å². The highest BCUT2D eigenvalue weighted by Gasteiger charge is 2.54. The number of aromatic nitrogens is 3. The molecule has 2 amide bonds. The molecule has 2 N–H and O–H groups in total. The molecule has 0 aromatic carbocycles. The Labute approximate surface area is 214 Å². The van der Waals surface area contributed by atoms with Crippen molar-refractivity contribution >= 4 is 23.3 Å². The van der Waals surface area contributed by atoms with E-state index in [2.05, 4.69) is 41.4 Å². The molecule has 5 rings (SSSR count). The fourth-order valence-electron chi connectivity index (χ4n) is 6.23. The van der Waals surface area contributed by atoms with Crippen molar-refractivity contribution in [2.24, 2.45) is 24.3 Å². The summed E-state index contributed by atoms with van der Waals surface area (Å²) >= 11 is 0. The van der Waals surface area contributed by atoms with Crippen LogP contribution in [0.4, 0.5) is 11.5 Å². The highest BCUT2D eigenvalue weighted by molar-refractivity contribution is 6.00. The van der Waals surface area contributed by atoms with E-state index in [0.717, 1.165) is 44.5 Å². The summed E-state index contributed by atoms with van der Waals surface area (Å²) in [5.41, 5.74) is 1.28. The van der Waals surface area contributed by atoms with E-state index in [0.29, 0.717) is 17.3 Å². The molecule has 1 unspecified atom stereocenters. The van der Waals surface area contributed by atoms with E-state index >= 15 is 0 Å². The van der Waals surface area contributed by atoms with Crippen LogP contribution >= 0.6 is 0 Å². The summed E-state index contributed by atoms with van der Waals surface area (Å²) in [7, 11) is 1.74. The molecule has 8 heteroatoms. The van der Waals surface area contributed by atoms with Crippen LogP contribution in [0.5, 0.6) is 0 Å². The van der Waals surface area contributed by atoms with Gasteiger partial charge in [0.2, 0.25) is 5.91 Å². The number of carbonyl (C=O) groups excluding carboxylic acids is 2. The van der Waals surface area contributed by atoms with Crippen LogP contribution in [0.3, 0.4) is 0 Å². The number of amides is 2. The molecule has 0 radical (unpaired) electrons. The molecular formula is C28H40N6O2. The summed E-state index contributed by atoms with van der Waals surface area (Å²) in [6, 6.07) is 5.01. The number of pyridine rings is 1. The lowest BCUT2D eigenvalue weighted by Crippen LogP contribution is -2.54. The topological polar surface area (TPSA) is 92.1 Å². The molecule has 2 aliphatic carbocycles. The minimum absolute atomic E-state index is 0.0763. The Morgan fingerprint density at radius 2 is 1.83 bits per heavy atom. The van der Waals surface area contributed by atoms with E-state index in [-0.39, 0.29) is 28.7 Å². The van der Waals surface area contributed by atoms with Gasteiger partial charge in [-0.3, -0.25) is 14.3 Å². The highest BCUT2D eigenvalue weighted by atomic mass is 16.2. The molecule has 3 aliphatic rings. The van der Waals surface area contributed by atoms with Crippen LogP contribution in [0.25, 0.3) is 0 Å². The molecule has 1 aliphatic heterocycles. The molecule has 3 fully saturated rings. The van der Waals surface area contributed by atoms with Gasteiger partial charge in [-0.25, -0.2) is 4.98 Å². The average molecular weight is 493 g/mol. The smallest absolute Gasteiger partial charge is 0.270 e. The molecule has 2 atom stereocenters. The standard InChI is InChI=1S/C28H40N6O2/c1-27(2)13-5-6-17-34(27)22-11-10-20(18-29-22)31-26(36)24(32-25(35)21-12-16-30-33(21)4)23(19-8-7-9-19)28(3)14-15-28/h10-12,16,18-19,23-24H,5-9,13-15,17H2,1-4H3,(H,31,36)(H,32,35)/t23?,24-/m0/s1. The summed E-state index contributed by atoms with van der Waals surface area (Å²) in [5, 5.41) is 10.3. The normalized spacial score (nSPS) is 22.3.